The molecule has 3 aromatic heterocycles. The van der Waals surface area contributed by atoms with Gasteiger partial charge >= 0.3 is 0 Å². The Hall–Kier alpha value is -8.11. The van der Waals surface area contributed by atoms with E-state index in [9.17, 15) is 6.85 Å². The first-order chi connectivity index (χ1) is 39.6. The van der Waals surface area contributed by atoms with Crippen LogP contribution in [0.25, 0.3) is 116 Å². The summed E-state index contributed by atoms with van der Waals surface area (Å²) in [5, 5.41) is 4.58. The van der Waals surface area contributed by atoms with Crippen molar-refractivity contribution in [2.45, 2.75) is 52.4 Å². The average Bonchev–Trinajstić information content (AvgIpc) is 2.28. The monoisotopic (exact) mass is 1150 g/mol. The molecule has 9 aromatic carbocycles. The Morgan fingerprint density at radius 1 is 0.527 bits per heavy atom. The van der Waals surface area contributed by atoms with Crippen molar-refractivity contribution in [3.63, 3.8) is 0 Å². The summed E-state index contributed by atoms with van der Waals surface area (Å²) in [7, 11) is 0. The molecule has 0 aliphatic carbocycles. The van der Waals surface area contributed by atoms with Crippen LogP contribution in [0.5, 0.6) is 0 Å². The van der Waals surface area contributed by atoms with Gasteiger partial charge in [-0.3, -0.25) is 0 Å². The third kappa shape index (κ3) is 8.17. The van der Waals surface area contributed by atoms with E-state index in [2.05, 4.69) is 154 Å². The van der Waals surface area contributed by atoms with Gasteiger partial charge in [0.2, 0.25) is 0 Å². The number of rotatable bonds is 2. The largest absolute Gasteiger partial charge is 0.510 e. The van der Waals surface area contributed by atoms with Crippen LogP contribution in [-0.2, 0) is 31.9 Å². The molecule has 364 valence electrons. The number of hydrogen-bond donors (Lipinski definition) is 0. The van der Waals surface area contributed by atoms with E-state index in [0.717, 1.165) is 66.1 Å². The van der Waals surface area contributed by atoms with Crippen LogP contribution in [0.15, 0.2) is 217 Å². The summed E-state index contributed by atoms with van der Waals surface area (Å²) < 4.78 is 105. The van der Waals surface area contributed by atoms with Gasteiger partial charge in [-0.1, -0.05) is 199 Å². The van der Waals surface area contributed by atoms with Crippen LogP contribution in [0.3, 0.4) is 0 Å². The van der Waals surface area contributed by atoms with Gasteiger partial charge < -0.3 is 18.0 Å². The molecule has 0 N–H and O–H groups in total. The van der Waals surface area contributed by atoms with Crippen LogP contribution in [0, 0.1) is 12.1 Å². The zero-order valence-corrected chi connectivity index (χ0v) is 43.7. The van der Waals surface area contributed by atoms with E-state index in [-0.39, 0.29) is 70.7 Å². The summed E-state index contributed by atoms with van der Waals surface area (Å²) in [5.41, 5.74) is 6.80. The van der Waals surface area contributed by atoms with Crippen LogP contribution in [0.4, 0.5) is 0 Å². The van der Waals surface area contributed by atoms with Gasteiger partial charge in [-0.25, -0.2) is 4.98 Å². The first-order valence-electron chi connectivity index (χ1n) is 29.4. The van der Waals surface area contributed by atoms with Crippen LogP contribution in [0.1, 0.15) is 66.4 Å². The number of pyridine rings is 1. The molecule has 1 aliphatic rings. The molecule has 0 fully saturated rings. The van der Waals surface area contributed by atoms with Gasteiger partial charge in [0.15, 0.2) is 0 Å². The number of benzene rings is 9. The number of imidazole rings is 1. The van der Waals surface area contributed by atoms with E-state index >= 15 is 0 Å². The fourth-order valence-electron chi connectivity index (χ4n) is 9.99. The number of nitrogens with zero attached hydrogens (tertiary/aromatic N) is 4. The maximum Gasteiger partial charge on any atom is 0.136 e. The molecular formula is C68H53N4OPt-3. The molecule has 74 heavy (non-hydrogen) atoms. The number of fused-ring (bicyclic) bond motifs is 23. The molecule has 12 aromatic rings. The second-order valence-corrected chi connectivity index (χ2v) is 20.6. The summed E-state index contributed by atoms with van der Waals surface area (Å²) >= 11 is 0. The van der Waals surface area contributed by atoms with Gasteiger partial charge in [-0.05, 0) is 114 Å². The average molecular weight is 1150 g/mol. The van der Waals surface area contributed by atoms with Crippen LogP contribution < -0.4 is 0 Å². The smallest absolute Gasteiger partial charge is 0.136 e. The summed E-state index contributed by atoms with van der Waals surface area (Å²) in [6.07, 6.45) is 2.07. The minimum Gasteiger partial charge on any atom is -0.510 e. The first kappa shape index (κ1) is 36.7. The van der Waals surface area contributed by atoms with Crippen molar-refractivity contribution < 1.29 is 39.2 Å². The van der Waals surface area contributed by atoms with Crippen molar-refractivity contribution in [2.24, 2.45) is 0 Å². The Balaban J connectivity index is 0.00000694. The van der Waals surface area contributed by atoms with E-state index in [1.54, 1.807) is 10.5 Å². The van der Waals surface area contributed by atoms with Crippen molar-refractivity contribution in [3.05, 3.63) is 236 Å². The topological polar surface area (TPSA) is 40.3 Å². The number of hydrogen-bond acceptors (Lipinski definition) is 2. The fourth-order valence-corrected chi connectivity index (χ4v) is 9.99. The standard InChI is InChI=1S/C68H53N4O.Pt/c1-67(2,3)49-37-57(45-21-11-8-12-22-45)66-59(38-49)55-28-14-13-27-54(55)47-23-17-24-48(35-47)60-39-50(68(4,5)6)40-65(69-60)72-61-34-31-46(44-19-9-7-10-20-44)36-58(61)56-33-32-53(42-64(56)72)73-52-26-18-25-51(41-52)70-43-71(66)63-30-16-15-29-62(63)70;/h7-40,43H,1-6H3;/q-3;/i7D,9D,10D,19D,20D,31D,32D,33D,34D,36D;. The summed E-state index contributed by atoms with van der Waals surface area (Å²) in [4.78, 5) is 5.40. The molecule has 10 bridgehead atoms. The predicted octanol–water partition coefficient (Wildman–Crippen LogP) is 18.1. The van der Waals surface area contributed by atoms with E-state index in [4.69, 9.17) is 16.3 Å². The van der Waals surface area contributed by atoms with Crippen LogP contribution >= 0.6 is 0 Å². The molecular weight excluding hydrogens is 1080 g/mol. The van der Waals surface area contributed by atoms with Crippen LogP contribution in [0.2, 0.25) is 0 Å². The Kier molecular flexibility index (Phi) is 9.00. The predicted molar refractivity (Wildman–Crippen MR) is 305 cm³/mol. The quantitative estimate of drug-likeness (QED) is 0.162. The molecule has 0 saturated carbocycles. The second kappa shape index (κ2) is 18.1. The van der Waals surface area contributed by atoms with Gasteiger partial charge in [-0.2, -0.15) is 24.2 Å². The third-order valence-electron chi connectivity index (χ3n) is 13.8. The minimum atomic E-state index is -0.666. The Morgan fingerprint density at radius 2 is 1.23 bits per heavy atom. The summed E-state index contributed by atoms with van der Waals surface area (Å²) in [6.45, 7) is 12.9. The maximum atomic E-state index is 9.94. The molecule has 13 rings (SSSR count). The zero-order valence-electron chi connectivity index (χ0n) is 51.4. The molecule has 6 heteroatoms. The van der Waals surface area contributed by atoms with Gasteiger partial charge in [0.25, 0.3) is 0 Å². The second-order valence-electron chi connectivity index (χ2n) is 20.6. The molecule has 1 aliphatic heterocycles. The van der Waals surface area contributed by atoms with E-state index < -0.39 is 71.4 Å². The summed E-state index contributed by atoms with van der Waals surface area (Å²) in [5.74, 6) is 0. The molecule has 0 saturated heterocycles. The van der Waals surface area contributed by atoms with Gasteiger partial charge in [-0.15, -0.1) is 29.1 Å². The van der Waals surface area contributed by atoms with E-state index in [0.29, 0.717) is 11.0 Å². The maximum absolute atomic E-state index is 9.94. The Labute approximate surface area is 459 Å². The van der Waals surface area contributed by atoms with E-state index in [1.165, 1.54) is 0 Å². The van der Waals surface area contributed by atoms with Crippen LogP contribution in [-0.4, -0.2) is 18.5 Å². The Bertz CT molecular complexity index is 5050. The normalized spacial score (nSPS) is 14.0. The zero-order chi connectivity index (χ0) is 58.3. The number of aromatic nitrogens is 4. The molecule has 0 atom stereocenters. The number of para-hydroxylation sites is 2. The Morgan fingerprint density at radius 3 is 2.01 bits per heavy atom. The van der Waals surface area contributed by atoms with E-state index in [1.807, 2.05) is 54.6 Å². The SMILES string of the molecule is [2H]c1c([2H])c([2H])c(-c2c([2H])c([2H])c3c(c2[2H])c2c([2H])c([2H])c4[c-]c2n3c2cc(C(C)(C)C)cc(n2)c2cccc(c2)c2ccccc2c2cc(C(C)(C)C)cc(-c3ccccc3)c2n2[cH-]n(c3[c-]c(ccc3)o4)-c3ccccc3-2)c([2H])c1[2H].[Pt]. The van der Waals surface area contributed by atoms with Gasteiger partial charge in [0.05, 0.1) is 16.5 Å². The minimum absolute atomic E-state index is 0. The first-order valence-corrected chi connectivity index (χ1v) is 24.4. The third-order valence-corrected chi connectivity index (χ3v) is 13.8. The van der Waals surface area contributed by atoms with Gasteiger partial charge in [0, 0.05) is 50.8 Å². The molecule has 0 radical (unpaired) electrons. The molecule has 5 nitrogen and oxygen atoms in total. The molecule has 0 spiro atoms. The van der Waals surface area contributed by atoms with Crippen molar-refractivity contribution >= 4 is 82.1 Å². The molecule has 0 unspecified atom stereocenters. The van der Waals surface area contributed by atoms with Crippen molar-refractivity contribution in [1.29, 1.82) is 0 Å². The van der Waals surface area contributed by atoms with Crippen molar-refractivity contribution in [2.75, 3.05) is 0 Å². The fraction of sp³-hybridized carbons (Fsp3) is 0.118. The molecule has 0 amide bonds. The van der Waals surface area contributed by atoms with Gasteiger partial charge in [0.1, 0.15) is 5.65 Å². The van der Waals surface area contributed by atoms with Crippen molar-refractivity contribution in [3.8, 4) is 33.6 Å². The summed E-state index contributed by atoms with van der Waals surface area (Å²) in [6, 6.07) is 50.5. The van der Waals surface area contributed by atoms with Crippen molar-refractivity contribution in [1.82, 2.24) is 18.5 Å². The molecule has 4 heterocycles.